The minimum atomic E-state index is -1.69. The Morgan fingerprint density at radius 3 is 1.83 bits per heavy atom. The van der Waals surface area contributed by atoms with Crippen LogP contribution < -0.4 is 5.46 Å². The molecule has 1 fully saturated rings. The molecule has 0 bridgehead atoms. The molecule has 3 rings (SSSR count). The van der Waals surface area contributed by atoms with Crippen molar-refractivity contribution in [2.45, 2.75) is 12.8 Å². The van der Waals surface area contributed by atoms with Crippen LogP contribution in [0.25, 0.3) is 11.1 Å². The average molecular weight is 373 g/mol. The van der Waals surface area contributed by atoms with E-state index in [0.717, 1.165) is 13.2 Å². The normalized spacial score (nSPS) is 13.4. The maximum atomic E-state index is 9.41. The highest BCUT2D eigenvalue weighted by Crippen LogP contribution is 2.34. The number of ether oxygens (including phenoxy) is 1. The first-order chi connectivity index (χ1) is 11.0. The van der Waals surface area contributed by atoms with E-state index in [-0.39, 0.29) is 10.5 Å². The molecule has 3 nitrogen and oxygen atoms in total. The standard InChI is InChI=1S/C12H8BCl3O2.C4H8O/c14-8-4-2-5-9(15)11(8)7-3-1-6-10(16)12(7)13(17)18;1-2-4-5-3-1/h1-6,17-18H;1-4H2. The minimum Gasteiger partial charge on any atom is -0.423 e. The van der Waals surface area contributed by atoms with Gasteiger partial charge in [-0.15, -0.1) is 0 Å². The molecule has 1 aliphatic heterocycles. The average Bonchev–Trinajstić information content (AvgIpc) is 3.06. The monoisotopic (exact) mass is 372 g/mol. The fraction of sp³-hybridized carbons (Fsp3) is 0.250. The van der Waals surface area contributed by atoms with Crippen molar-refractivity contribution >= 4 is 47.4 Å². The molecule has 23 heavy (non-hydrogen) atoms. The summed E-state index contributed by atoms with van der Waals surface area (Å²) in [4.78, 5) is 0. The second kappa shape index (κ2) is 8.93. The van der Waals surface area contributed by atoms with E-state index in [0.29, 0.717) is 21.2 Å². The molecule has 0 atom stereocenters. The Hall–Kier alpha value is -0.745. The molecule has 0 saturated carbocycles. The zero-order chi connectivity index (χ0) is 16.8. The zero-order valence-electron chi connectivity index (χ0n) is 12.3. The van der Waals surface area contributed by atoms with E-state index in [2.05, 4.69) is 0 Å². The van der Waals surface area contributed by atoms with Crippen LogP contribution >= 0.6 is 34.8 Å². The van der Waals surface area contributed by atoms with Crippen molar-refractivity contribution < 1.29 is 14.8 Å². The SMILES string of the molecule is C1CCOC1.OB(O)c1c(Cl)cccc1-c1c(Cl)cccc1Cl. The van der Waals surface area contributed by atoms with Crippen molar-refractivity contribution in [3.05, 3.63) is 51.5 Å². The lowest BCUT2D eigenvalue weighted by Gasteiger charge is -2.13. The second-order valence-electron chi connectivity index (χ2n) is 4.99. The minimum absolute atomic E-state index is 0.189. The summed E-state index contributed by atoms with van der Waals surface area (Å²) >= 11 is 18.2. The van der Waals surface area contributed by atoms with Crippen LogP contribution in [0.2, 0.25) is 15.1 Å². The van der Waals surface area contributed by atoms with Gasteiger partial charge in [0.1, 0.15) is 0 Å². The molecule has 1 aliphatic rings. The quantitative estimate of drug-likeness (QED) is 0.788. The summed E-state index contributed by atoms with van der Waals surface area (Å²) in [6, 6.07) is 10.0. The van der Waals surface area contributed by atoms with Gasteiger partial charge in [0.05, 0.1) is 0 Å². The Balaban J connectivity index is 0.000000326. The van der Waals surface area contributed by atoms with E-state index in [4.69, 9.17) is 39.5 Å². The van der Waals surface area contributed by atoms with Crippen LogP contribution in [-0.4, -0.2) is 30.4 Å². The first-order valence-corrected chi connectivity index (χ1v) is 8.32. The number of hydrogen-bond acceptors (Lipinski definition) is 3. The Bertz CT molecular complexity index is 633. The summed E-state index contributed by atoms with van der Waals surface area (Å²) < 4.78 is 4.94. The molecule has 0 aromatic heterocycles. The molecule has 1 saturated heterocycles. The lowest BCUT2D eigenvalue weighted by Crippen LogP contribution is -2.32. The van der Waals surface area contributed by atoms with Crippen molar-refractivity contribution in [1.82, 2.24) is 0 Å². The van der Waals surface area contributed by atoms with Crippen LogP contribution in [0.1, 0.15) is 12.8 Å². The van der Waals surface area contributed by atoms with Crippen LogP contribution in [-0.2, 0) is 4.74 Å². The van der Waals surface area contributed by atoms with Gasteiger partial charge in [0, 0.05) is 39.3 Å². The van der Waals surface area contributed by atoms with E-state index in [1.54, 1.807) is 36.4 Å². The molecule has 2 N–H and O–H groups in total. The molecule has 2 aromatic carbocycles. The molecule has 0 radical (unpaired) electrons. The van der Waals surface area contributed by atoms with Gasteiger partial charge in [-0.05, 0) is 36.6 Å². The van der Waals surface area contributed by atoms with Gasteiger partial charge in [-0.2, -0.15) is 0 Å². The molecule has 0 aliphatic carbocycles. The van der Waals surface area contributed by atoms with E-state index in [1.807, 2.05) is 0 Å². The van der Waals surface area contributed by atoms with Gasteiger partial charge in [-0.25, -0.2) is 0 Å². The summed E-state index contributed by atoms with van der Waals surface area (Å²) in [5.74, 6) is 0. The predicted molar refractivity (Wildman–Crippen MR) is 96.8 cm³/mol. The molecule has 2 aromatic rings. The van der Waals surface area contributed by atoms with E-state index >= 15 is 0 Å². The number of benzene rings is 2. The smallest absolute Gasteiger partial charge is 0.423 e. The third kappa shape index (κ3) is 4.86. The Morgan fingerprint density at radius 2 is 1.35 bits per heavy atom. The third-order valence-corrected chi connectivity index (χ3v) is 4.33. The van der Waals surface area contributed by atoms with E-state index in [9.17, 15) is 10.0 Å². The lowest BCUT2D eigenvalue weighted by molar-refractivity contribution is 0.198. The summed E-state index contributed by atoms with van der Waals surface area (Å²) in [6.07, 6.45) is 2.56. The van der Waals surface area contributed by atoms with Crippen molar-refractivity contribution in [3.63, 3.8) is 0 Å². The van der Waals surface area contributed by atoms with Crippen molar-refractivity contribution in [1.29, 1.82) is 0 Å². The van der Waals surface area contributed by atoms with E-state index < -0.39 is 7.12 Å². The molecule has 7 heteroatoms. The zero-order valence-corrected chi connectivity index (χ0v) is 14.6. The summed E-state index contributed by atoms with van der Waals surface area (Å²) in [7, 11) is -1.69. The number of hydrogen-bond donors (Lipinski definition) is 2. The van der Waals surface area contributed by atoms with E-state index in [1.165, 1.54) is 12.8 Å². The van der Waals surface area contributed by atoms with Crippen LogP contribution in [0.5, 0.6) is 0 Å². The number of rotatable bonds is 2. The summed E-state index contributed by atoms with van der Waals surface area (Å²) in [6.45, 7) is 2.00. The highest BCUT2D eigenvalue weighted by atomic mass is 35.5. The number of halogens is 3. The van der Waals surface area contributed by atoms with Gasteiger partial charge < -0.3 is 14.8 Å². The van der Waals surface area contributed by atoms with Gasteiger partial charge in [0.2, 0.25) is 0 Å². The van der Waals surface area contributed by atoms with Crippen LogP contribution in [0.15, 0.2) is 36.4 Å². The maximum absolute atomic E-state index is 9.41. The largest absolute Gasteiger partial charge is 0.490 e. The Morgan fingerprint density at radius 1 is 0.826 bits per heavy atom. The van der Waals surface area contributed by atoms with Gasteiger partial charge in [-0.3, -0.25) is 0 Å². The van der Waals surface area contributed by atoms with Crippen LogP contribution in [0, 0.1) is 0 Å². The topological polar surface area (TPSA) is 49.7 Å². The highest BCUT2D eigenvalue weighted by Gasteiger charge is 2.22. The maximum Gasteiger partial charge on any atom is 0.490 e. The molecule has 0 spiro atoms. The van der Waals surface area contributed by atoms with Crippen molar-refractivity contribution in [3.8, 4) is 11.1 Å². The lowest BCUT2D eigenvalue weighted by atomic mass is 9.75. The molecule has 0 unspecified atom stereocenters. The molecule has 0 amide bonds. The van der Waals surface area contributed by atoms with Crippen LogP contribution in [0.4, 0.5) is 0 Å². The van der Waals surface area contributed by atoms with Crippen molar-refractivity contribution in [2.24, 2.45) is 0 Å². The Kier molecular flexibility index (Phi) is 7.22. The molecule has 122 valence electrons. The molecular formula is C16H16BCl3O3. The second-order valence-corrected chi connectivity index (χ2v) is 6.21. The summed E-state index contributed by atoms with van der Waals surface area (Å²) in [5.41, 5.74) is 1.23. The first kappa shape index (κ1) is 18.6. The highest BCUT2D eigenvalue weighted by molar-refractivity contribution is 6.65. The van der Waals surface area contributed by atoms with Crippen molar-refractivity contribution in [2.75, 3.05) is 13.2 Å². The van der Waals surface area contributed by atoms with Crippen LogP contribution in [0.3, 0.4) is 0 Å². The van der Waals surface area contributed by atoms with Gasteiger partial charge in [0.25, 0.3) is 0 Å². The Labute approximate surface area is 150 Å². The fourth-order valence-electron chi connectivity index (χ4n) is 2.28. The van der Waals surface area contributed by atoms with Gasteiger partial charge in [0.15, 0.2) is 0 Å². The first-order valence-electron chi connectivity index (χ1n) is 7.19. The summed E-state index contributed by atoms with van der Waals surface area (Å²) in [5, 5.41) is 19.9. The predicted octanol–water partition coefficient (Wildman–Crippen LogP) is 3.79. The molecule has 1 heterocycles. The van der Waals surface area contributed by atoms with Gasteiger partial charge in [-0.1, -0.05) is 53.0 Å². The molecular weight excluding hydrogens is 357 g/mol. The van der Waals surface area contributed by atoms with Gasteiger partial charge >= 0.3 is 7.12 Å². The fourth-order valence-corrected chi connectivity index (χ4v) is 3.16. The third-order valence-electron chi connectivity index (χ3n) is 3.37.